The zero-order valence-corrected chi connectivity index (χ0v) is 11.9. The maximum absolute atomic E-state index is 11.5. The van der Waals surface area contributed by atoms with E-state index in [0.717, 1.165) is 32.2 Å². The van der Waals surface area contributed by atoms with E-state index in [-0.39, 0.29) is 12.1 Å². The van der Waals surface area contributed by atoms with Crippen LogP contribution in [0.25, 0.3) is 0 Å². The van der Waals surface area contributed by atoms with E-state index in [2.05, 4.69) is 18.7 Å². The second kappa shape index (κ2) is 7.74. The quantitative estimate of drug-likeness (QED) is 0.821. The number of rotatable bonds is 5. The smallest absolute Gasteiger partial charge is 0.320 e. The molecule has 0 amide bonds. The fourth-order valence-corrected chi connectivity index (χ4v) is 2.81. The Morgan fingerprint density at radius 1 is 1.33 bits per heavy atom. The number of methoxy groups -OCH3 is 1. The van der Waals surface area contributed by atoms with Crippen molar-refractivity contribution in [3.63, 3.8) is 0 Å². The van der Waals surface area contributed by atoms with E-state index >= 15 is 0 Å². The third-order valence-corrected chi connectivity index (χ3v) is 3.86. The lowest BCUT2D eigenvalue weighted by Crippen LogP contribution is -2.52. The Morgan fingerprint density at radius 3 is 2.56 bits per heavy atom. The van der Waals surface area contributed by atoms with E-state index in [0.29, 0.717) is 12.5 Å². The van der Waals surface area contributed by atoms with Crippen LogP contribution in [0.1, 0.15) is 46.0 Å². The number of hydrogen-bond acceptors (Lipinski definition) is 3. The van der Waals surface area contributed by atoms with E-state index < -0.39 is 5.97 Å². The molecule has 4 nitrogen and oxygen atoms in total. The van der Waals surface area contributed by atoms with E-state index in [1.54, 1.807) is 7.11 Å². The van der Waals surface area contributed by atoms with Crippen LogP contribution in [0.5, 0.6) is 0 Å². The molecule has 1 saturated heterocycles. The molecule has 0 saturated carbocycles. The first-order chi connectivity index (χ1) is 8.57. The monoisotopic (exact) mass is 257 g/mol. The first kappa shape index (κ1) is 15.4. The van der Waals surface area contributed by atoms with Crippen LogP contribution in [0, 0.1) is 5.92 Å². The first-order valence-electron chi connectivity index (χ1n) is 7.05. The molecule has 1 aliphatic heterocycles. The maximum atomic E-state index is 11.5. The normalized spacial score (nSPS) is 24.6. The molecule has 0 radical (unpaired) electrons. The minimum Gasteiger partial charge on any atom is -0.480 e. The minimum absolute atomic E-state index is 0.203. The van der Waals surface area contributed by atoms with Gasteiger partial charge < -0.3 is 9.84 Å². The molecule has 0 aromatic rings. The van der Waals surface area contributed by atoms with E-state index in [1.165, 1.54) is 6.42 Å². The highest BCUT2D eigenvalue weighted by Crippen LogP contribution is 2.22. The zero-order valence-electron chi connectivity index (χ0n) is 11.9. The van der Waals surface area contributed by atoms with Crippen molar-refractivity contribution < 1.29 is 14.6 Å². The summed E-state index contributed by atoms with van der Waals surface area (Å²) in [4.78, 5) is 13.6. The molecule has 0 aliphatic carbocycles. The van der Waals surface area contributed by atoms with E-state index in [1.807, 2.05) is 0 Å². The fraction of sp³-hybridized carbons (Fsp3) is 0.929. The van der Waals surface area contributed by atoms with Crippen LogP contribution >= 0.6 is 0 Å². The molecule has 1 fully saturated rings. The predicted octanol–water partition coefficient (Wildman–Crippen LogP) is 2.38. The number of nitrogens with zero attached hydrogens (tertiary/aromatic N) is 1. The minimum atomic E-state index is -0.682. The van der Waals surface area contributed by atoms with Gasteiger partial charge in [0.15, 0.2) is 0 Å². The molecule has 1 aliphatic rings. The molecule has 2 atom stereocenters. The lowest BCUT2D eigenvalue weighted by Gasteiger charge is -2.39. The molecule has 0 spiro atoms. The van der Waals surface area contributed by atoms with Crippen molar-refractivity contribution in [2.24, 2.45) is 5.92 Å². The lowest BCUT2D eigenvalue weighted by molar-refractivity contribution is -0.146. The van der Waals surface area contributed by atoms with Gasteiger partial charge in [-0.1, -0.05) is 33.1 Å². The van der Waals surface area contributed by atoms with Crippen LogP contribution in [-0.2, 0) is 9.53 Å². The summed E-state index contributed by atoms with van der Waals surface area (Å²) in [6.45, 7) is 5.77. The molecule has 0 aromatic carbocycles. The van der Waals surface area contributed by atoms with Gasteiger partial charge in [-0.05, 0) is 25.3 Å². The summed E-state index contributed by atoms with van der Waals surface area (Å²) in [6, 6.07) is -0.137. The van der Waals surface area contributed by atoms with E-state index in [9.17, 15) is 9.90 Å². The van der Waals surface area contributed by atoms with Crippen molar-refractivity contribution in [1.82, 2.24) is 4.90 Å². The molecular weight excluding hydrogens is 230 g/mol. The molecular formula is C14H27NO3. The number of carboxylic acids is 1. The summed E-state index contributed by atoms with van der Waals surface area (Å²) >= 11 is 0. The van der Waals surface area contributed by atoms with E-state index in [4.69, 9.17) is 4.74 Å². The van der Waals surface area contributed by atoms with Crippen LogP contribution in [0.2, 0.25) is 0 Å². The average molecular weight is 257 g/mol. The highest BCUT2D eigenvalue weighted by molar-refractivity contribution is 5.73. The van der Waals surface area contributed by atoms with Gasteiger partial charge in [0, 0.05) is 13.2 Å². The van der Waals surface area contributed by atoms with Gasteiger partial charge in [-0.2, -0.15) is 0 Å². The standard InChI is InChI=1S/C14H27NO3/c1-11(2)13(10-18-3)15-9-7-5-4-6-8-12(15)14(16)17/h11-13H,4-10H2,1-3H3,(H,16,17). The summed E-state index contributed by atoms with van der Waals surface area (Å²) in [5.41, 5.74) is 0. The molecule has 0 aromatic heterocycles. The Kier molecular flexibility index (Phi) is 6.65. The van der Waals surface area contributed by atoms with Gasteiger partial charge in [-0.3, -0.25) is 9.69 Å². The van der Waals surface area contributed by atoms with Crippen LogP contribution in [0.15, 0.2) is 0 Å². The zero-order chi connectivity index (χ0) is 13.5. The Bertz CT molecular complexity index is 255. The third-order valence-electron chi connectivity index (χ3n) is 3.86. The SMILES string of the molecule is COCC(C(C)C)N1CCCCCCC1C(=O)O. The molecule has 106 valence electrons. The molecule has 1 heterocycles. The summed E-state index contributed by atoms with van der Waals surface area (Å²) in [6.07, 6.45) is 5.25. The predicted molar refractivity (Wildman–Crippen MR) is 71.7 cm³/mol. The Morgan fingerprint density at radius 2 is 2.00 bits per heavy atom. The van der Waals surface area contributed by atoms with Gasteiger partial charge in [0.1, 0.15) is 6.04 Å². The Labute approximate surface area is 110 Å². The van der Waals surface area contributed by atoms with Crippen LogP contribution in [0.3, 0.4) is 0 Å². The summed E-state index contributed by atoms with van der Waals surface area (Å²) in [5, 5.41) is 9.44. The second-order valence-electron chi connectivity index (χ2n) is 5.56. The van der Waals surface area contributed by atoms with Gasteiger partial charge >= 0.3 is 5.97 Å². The lowest BCUT2D eigenvalue weighted by atomic mass is 9.95. The van der Waals surface area contributed by atoms with Gasteiger partial charge in [0.2, 0.25) is 0 Å². The van der Waals surface area contributed by atoms with Gasteiger partial charge in [-0.15, -0.1) is 0 Å². The highest BCUT2D eigenvalue weighted by atomic mass is 16.5. The average Bonchev–Trinajstić information content (AvgIpc) is 2.25. The summed E-state index contributed by atoms with van der Waals surface area (Å²) in [7, 11) is 1.69. The van der Waals surface area contributed by atoms with Crippen LogP contribution < -0.4 is 0 Å². The van der Waals surface area contributed by atoms with Crippen molar-refractivity contribution in [2.75, 3.05) is 20.3 Å². The molecule has 1 N–H and O–H groups in total. The summed E-state index contributed by atoms with van der Waals surface area (Å²) in [5.74, 6) is -0.273. The number of likely N-dealkylation sites (tertiary alicyclic amines) is 1. The van der Waals surface area contributed by atoms with Crippen molar-refractivity contribution >= 4 is 5.97 Å². The van der Waals surface area contributed by atoms with Crippen molar-refractivity contribution in [2.45, 2.75) is 58.0 Å². The topological polar surface area (TPSA) is 49.8 Å². The molecule has 0 bridgehead atoms. The molecule has 4 heteroatoms. The number of hydrogen-bond donors (Lipinski definition) is 1. The van der Waals surface area contributed by atoms with Crippen molar-refractivity contribution in [1.29, 1.82) is 0 Å². The van der Waals surface area contributed by atoms with Crippen LogP contribution in [0.4, 0.5) is 0 Å². The number of aliphatic carboxylic acids is 1. The van der Waals surface area contributed by atoms with Gasteiger partial charge in [-0.25, -0.2) is 0 Å². The highest BCUT2D eigenvalue weighted by Gasteiger charge is 2.33. The number of carbonyl (C=O) groups is 1. The molecule has 2 unspecified atom stereocenters. The Hall–Kier alpha value is -0.610. The van der Waals surface area contributed by atoms with Crippen molar-refractivity contribution in [3.8, 4) is 0 Å². The molecule has 18 heavy (non-hydrogen) atoms. The Balaban J connectivity index is 2.83. The largest absolute Gasteiger partial charge is 0.480 e. The third kappa shape index (κ3) is 4.25. The van der Waals surface area contributed by atoms with Crippen molar-refractivity contribution in [3.05, 3.63) is 0 Å². The fourth-order valence-electron chi connectivity index (χ4n) is 2.81. The summed E-state index contributed by atoms with van der Waals surface area (Å²) < 4.78 is 5.28. The van der Waals surface area contributed by atoms with Gasteiger partial charge in [0.25, 0.3) is 0 Å². The first-order valence-corrected chi connectivity index (χ1v) is 7.05. The number of carboxylic acid groups (broad SMARTS) is 1. The number of ether oxygens (including phenoxy) is 1. The van der Waals surface area contributed by atoms with Gasteiger partial charge in [0.05, 0.1) is 6.61 Å². The van der Waals surface area contributed by atoms with Crippen LogP contribution in [-0.4, -0.2) is 48.3 Å². The second-order valence-corrected chi connectivity index (χ2v) is 5.56. The maximum Gasteiger partial charge on any atom is 0.320 e. The molecule has 1 rings (SSSR count).